The fourth-order valence-corrected chi connectivity index (χ4v) is 16.1. The number of rotatable bonds is 38. The minimum atomic E-state index is -0.642. The van der Waals surface area contributed by atoms with Crippen molar-refractivity contribution in [2.24, 2.45) is 35.1 Å². The van der Waals surface area contributed by atoms with Crippen LogP contribution in [-0.2, 0) is 9.59 Å². The molecule has 0 aliphatic carbocycles. The van der Waals surface area contributed by atoms with Crippen molar-refractivity contribution in [3.05, 3.63) is 0 Å². The van der Waals surface area contributed by atoms with E-state index in [1.807, 2.05) is 9.80 Å². The molecule has 0 aromatic carbocycles. The summed E-state index contributed by atoms with van der Waals surface area (Å²) in [6.45, 7) is 39.5. The molecule has 0 fully saturated rings. The third-order valence-corrected chi connectivity index (χ3v) is 19.7. The second kappa shape index (κ2) is 57.0. The Kier molecular flexibility index (Phi) is 67.9. The smallest absolute Gasteiger partial charge is 0.236 e. The molecule has 0 spiro atoms. The van der Waals surface area contributed by atoms with Crippen LogP contribution >= 0.6 is 48.1 Å². The zero-order valence-electron chi connectivity index (χ0n) is 47.0. The van der Waals surface area contributed by atoms with Crippen molar-refractivity contribution in [3.8, 4) is 0 Å². The van der Waals surface area contributed by atoms with E-state index in [1.165, 1.54) is 89.6 Å². The Morgan fingerprint density at radius 2 is 0.773 bits per heavy atom. The normalized spacial score (nSPS) is 11.2. The standard InChI is InChI=1S/C24H49N3O2.C15H35NP.C12H27P.C3H8BrN.2BrH/c1-10-11-12-25(17-23(28)26(13-19(2)3)14-20(4)5)18-24(29)27(15-21(6)7)16-22(8)9;1-4-7-12-17(13-8-5-2,14-9-6-3)15-10-11-16;1-4-7-10-13(11-8-5-2)12-9-6-3;4-2-1-3-5;;/h19-22H,10-18H2,1-9H3;4-16H2,1-3H3;4-12H2,1-3H3;1-3,5H2;2*1H/q;+1;;;;/p-1. The lowest BCUT2D eigenvalue weighted by Crippen LogP contribution is -3.00. The summed E-state index contributed by atoms with van der Waals surface area (Å²) in [7, 11) is -0.221. The highest BCUT2D eigenvalue weighted by molar-refractivity contribution is 9.09. The van der Waals surface area contributed by atoms with Gasteiger partial charge < -0.3 is 38.2 Å². The van der Waals surface area contributed by atoms with Gasteiger partial charge in [0.15, 0.2) is 0 Å². The van der Waals surface area contributed by atoms with E-state index in [-0.39, 0.29) is 45.8 Å². The molecule has 0 aromatic rings. The summed E-state index contributed by atoms with van der Waals surface area (Å²) in [4.78, 5) is 32.1. The number of hydrogen-bond acceptors (Lipinski definition) is 5. The van der Waals surface area contributed by atoms with Crippen molar-refractivity contribution in [2.75, 3.05) is 107 Å². The molecule has 0 atom stereocenters. The number of halogens is 3. The lowest BCUT2D eigenvalue weighted by Gasteiger charge is -2.32. The minimum absolute atomic E-state index is 0. The van der Waals surface area contributed by atoms with Crippen LogP contribution in [0.2, 0.25) is 0 Å². The van der Waals surface area contributed by atoms with Crippen molar-refractivity contribution >= 4 is 59.9 Å². The van der Waals surface area contributed by atoms with E-state index in [0.717, 1.165) is 70.4 Å². The minimum Gasteiger partial charge on any atom is -1.00 e. The molecule has 0 bridgehead atoms. The highest BCUT2D eigenvalue weighted by atomic mass is 79.9. The van der Waals surface area contributed by atoms with Crippen LogP contribution in [0.1, 0.15) is 207 Å². The van der Waals surface area contributed by atoms with Gasteiger partial charge in [0.2, 0.25) is 11.8 Å². The van der Waals surface area contributed by atoms with E-state index in [2.05, 4.69) is 125 Å². The molecule has 0 rings (SSSR count). The van der Waals surface area contributed by atoms with Gasteiger partial charge in [-0.15, -0.1) is 24.9 Å². The van der Waals surface area contributed by atoms with Crippen molar-refractivity contribution in [2.45, 2.75) is 207 Å². The Labute approximate surface area is 447 Å². The molecule has 7 nitrogen and oxygen atoms in total. The number of nitrogens with two attached hydrogens (primary N) is 2. The summed E-state index contributed by atoms with van der Waals surface area (Å²) in [6.07, 6.45) is 32.2. The molecular weight excluding hydrogens is 1050 g/mol. The van der Waals surface area contributed by atoms with Crippen LogP contribution < -0.4 is 28.4 Å². The average Bonchev–Trinajstić information content (AvgIpc) is 3.24. The van der Waals surface area contributed by atoms with Gasteiger partial charge >= 0.3 is 0 Å². The zero-order chi connectivity index (χ0) is 49.6. The SMILES string of the molecule is Br.CCCCN(CC(=O)N(CC(C)C)CC(C)C)CC(=O)N(CC(C)C)CC(C)C.CCCCP(CCCC)CCCC.CCCC[P+](CCCC)(CCCC)CCCN.NCCCBr.[Br-]. The number of unbranched alkanes of at least 4 members (excludes halogenated alkanes) is 7. The maximum atomic E-state index is 13.1. The first-order chi connectivity index (χ1) is 30.5. The first-order valence-electron chi connectivity index (χ1n) is 27.3. The Bertz CT molecular complexity index is 868. The number of carbonyl (C=O) groups is 2. The maximum Gasteiger partial charge on any atom is 0.236 e. The largest absolute Gasteiger partial charge is 1.00 e. The molecule has 0 saturated heterocycles. The fourth-order valence-electron chi connectivity index (χ4n) is 7.63. The molecular formula is C54H120Br3N5O2P2. The van der Waals surface area contributed by atoms with E-state index < -0.39 is 7.26 Å². The third-order valence-electron chi connectivity index (χ3n) is 11.2. The maximum absolute atomic E-state index is 13.1. The summed E-state index contributed by atoms with van der Waals surface area (Å²) in [5, 5.41) is 1.03. The van der Waals surface area contributed by atoms with Crippen LogP contribution in [-0.4, -0.2) is 134 Å². The predicted octanol–water partition coefficient (Wildman–Crippen LogP) is 12.3. The molecule has 0 saturated carbocycles. The van der Waals surface area contributed by atoms with Gasteiger partial charge in [-0.2, -0.15) is 0 Å². The zero-order valence-corrected chi connectivity index (χ0v) is 53.7. The second-order valence-electron chi connectivity index (χ2n) is 20.4. The van der Waals surface area contributed by atoms with Crippen LogP contribution in [0.25, 0.3) is 0 Å². The van der Waals surface area contributed by atoms with Crippen LogP contribution in [0.4, 0.5) is 0 Å². The lowest BCUT2D eigenvalue weighted by molar-refractivity contribution is -0.137. The van der Waals surface area contributed by atoms with Crippen LogP contribution in [0.3, 0.4) is 0 Å². The average molecular weight is 1170 g/mol. The van der Waals surface area contributed by atoms with Crippen molar-refractivity contribution in [1.82, 2.24) is 14.7 Å². The molecule has 66 heavy (non-hydrogen) atoms. The highest BCUT2D eigenvalue weighted by Crippen LogP contribution is 2.61. The van der Waals surface area contributed by atoms with Crippen molar-refractivity contribution in [1.29, 1.82) is 0 Å². The Morgan fingerprint density at radius 1 is 0.485 bits per heavy atom. The summed E-state index contributed by atoms with van der Waals surface area (Å²) in [6, 6.07) is 0. The summed E-state index contributed by atoms with van der Waals surface area (Å²) >= 11 is 3.23. The number of carbonyl (C=O) groups excluding carboxylic acids is 2. The number of amides is 2. The summed E-state index contributed by atoms with van der Waals surface area (Å²) < 4.78 is 0. The van der Waals surface area contributed by atoms with Gasteiger partial charge in [0.25, 0.3) is 0 Å². The molecule has 2 amide bonds. The monoisotopic (exact) mass is 1170 g/mol. The van der Waals surface area contributed by atoms with Crippen molar-refractivity contribution < 1.29 is 26.6 Å². The predicted molar refractivity (Wildman–Crippen MR) is 313 cm³/mol. The van der Waals surface area contributed by atoms with Crippen LogP contribution in [0.15, 0.2) is 0 Å². The van der Waals surface area contributed by atoms with E-state index >= 15 is 0 Å². The Balaban J connectivity index is -0.000000206. The molecule has 0 radical (unpaired) electrons. The van der Waals surface area contributed by atoms with Gasteiger partial charge in [-0.05, 0) is 120 Å². The molecule has 0 aromatic heterocycles. The summed E-state index contributed by atoms with van der Waals surface area (Å²) in [5.41, 5.74) is 10.8. The van der Waals surface area contributed by atoms with E-state index in [4.69, 9.17) is 11.5 Å². The Morgan fingerprint density at radius 3 is 1.00 bits per heavy atom. The van der Waals surface area contributed by atoms with Gasteiger partial charge in [0.05, 0.1) is 37.7 Å². The summed E-state index contributed by atoms with van der Waals surface area (Å²) in [5.74, 6) is 2.06. The fraction of sp³-hybridized carbons (Fsp3) is 0.963. The van der Waals surface area contributed by atoms with Gasteiger partial charge in [0, 0.05) is 38.8 Å². The molecule has 0 unspecified atom stereocenters. The van der Waals surface area contributed by atoms with E-state index in [0.29, 0.717) is 44.7 Å². The second-order valence-corrected chi connectivity index (χ2v) is 28.4. The van der Waals surface area contributed by atoms with Gasteiger partial charge in [0.1, 0.15) is 0 Å². The van der Waals surface area contributed by atoms with Gasteiger partial charge in [-0.25, -0.2) is 0 Å². The topological polar surface area (TPSA) is 95.9 Å². The molecule has 12 heteroatoms. The molecule has 0 aliphatic heterocycles. The number of alkyl halides is 1. The quantitative estimate of drug-likeness (QED) is 0.0474. The van der Waals surface area contributed by atoms with Gasteiger partial charge in [-0.1, -0.05) is 165 Å². The first kappa shape index (κ1) is 78.6. The van der Waals surface area contributed by atoms with Crippen LogP contribution in [0.5, 0.6) is 0 Å². The number of nitrogens with zero attached hydrogens (tertiary/aromatic N) is 3. The third kappa shape index (κ3) is 52.9. The first-order valence-corrected chi connectivity index (χ1v) is 32.8. The van der Waals surface area contributed by atoms with Gasteiger partial charge in [-0.3, -0.25) is 14.5 Å². The Hall–Kier alpha value is 1.12. The van der Waals surface area contributed by atoms with Crippen molar-refractivity contribution in [3.63, 3.8) is 0 Å². The molecule has 4 N–H and O–H groups in total. The highest BCUT2D eigenvalue weighted by Gasteiger charge is 2.34. The lowest BCUT2D eigenvalue weighted by atomic mass is 10.1. The van der Waals surface area contributed by atoms with E-state index in [1.54, 1.807) is 37.0 Å². The molecule has 0 aliphatic rings. The number of hydrogen-bond donors (Lipinski definition) is 2. The molecule has 0 heterocycles. The van der Waals surface area contributed by atoms with E-state index in [9.17, 15) is 9.59 Å². The molecule has 404 valence electrons. The van der Waals surface area contributed by atoms with Crippen LogP contribution in [0, 0.1) is 23.7 Å².